The summed E-state index contributed by atoms with van der Waals surface area (Å²) in [5.74, 6) is 1.24. The van der Waals surface area contributed by atoms with Crippen molar-refractivity contribution in [3.63, 3.8) is 0 Å². The Morgan fingerprint density at radius 2 is 1.56 bits per heavy atom. The van der Waals surface area contributed by atoms with E-state index >= 15 is 0 Å². The first-order valence-corrected chi connectivity index (χ1v) is 10.9. The molecule has 146 valence electrons. The minimum Gasteiger partial charge on any atom is -0.345 e. The second kappa shape index (κ2) is 13.5. The third-order valence-corrected chi connectivity index (χ3v) is 5.75. The molecule has 0 aromatic heterocycles. The zero-order valence-electron chi connectivity index (χ0n) is 17.2. The van der Waals surface area contributed by atoms with Crippen LogP contribution in [0.5, 0.6) is 0 Å². The Labute approximate surface area is 156 Å². The average Bonchev–Trinajstić information content (AvgIpc) is 3.03. The van der Waals surface area contributed by atoms with Crippen LogP contribution in [0.25, 0.3) is 0 Å². The molecule has 25 heavy (non-hydrogen) atoms. The van der Waals surface area contributed by atoms with Crippen LogP contribution < -0.4 is 0 Å². The van der Waals surface area contributed by atoms with Gasteiger partial charge in [-0.3, -0.25) is 4.48 Å². The lowest BCUT2D eigenvalue weighted by molar-refractivity contribution is -0.882. The van der Waals surface area contributed by atoms with Gasteiger partial charge in [0.05, 0.1) is 13.1 Å². The van der Waals surface area contributed by atoms with Crippen molar-refractivity contribution in [2.24, 2.45) is 4.99 Å². The second-order valence-electron chi connectivity index (χ2n) is 7.63. The number of likely N-dealkylation sites (N-methyl/N-ethyl adjacent to an activating group) is 1. The first kappa shape index (κ1) is 22.4. The summed E-state index contributed by atoms with van der Waals surface area (Å²) in [5, 5.41) is 10.2. The summed E-state index contributed by atoms with van der Waals surface area (Å²) < 4.78 is 0.713. The van der Waals surface area contributed by atoms with Gasteiger partial charge in [-0.25, -0.2) is 4.99 Å². The molecule has 1 heterocycles. The van der Waals surface area contributed by atoms with Crippen LogP contribution in [-0.4, -0.2) is 41.3 Å². The van der Waals surface area contributed by atoms with Gasteiger partial charge < -0.3 is 5.11 Å². The lowest BCUT2D eigenvalue weighted by Gasteiger charge is -2.36. The van der Waals surface area contributed by atoms with Crippen molar-refractivity contribution >= 4 is 5.84 Å². The van der Waals surface area contributed by atoms with Crippen molar-refractivity contribution in [1.29, 1.82) is 0 Å². The predicted molar refractivity (Wildman–Crippen MR) is 110 cm³/mol. The molecule has 0 aromatic carbocycles. The third kappa shape index (κ3) is 8.04. The number of hydrogen-bond donors (Lipinski definition) is 1. The van der Waals surface area contributed by atoms with E-state index in [4.69, 9.17) is 4.99 Å². The van der Waals surface area contributed by atoms with Crippen LogP contribution in [0.3, 0.4) is 0 Å². The van der Waals surface area contributed by atoms with E-state index in [-0.39, 0.29) is 6.23 Å². The number of allylic oxidation sites excluding steroid dienone is 2. The molecule has 0 saturated heterocycles. The van der Waals surface area contributed by atoms with E-state index in [9.17, 15) is 5.11 Å². The number of rotatable bonds is 15. The Morgan fingerprint density at radius 1 is 0.960 bits per heavy atom. The van der Waals surface area contributed by atoms with Crippen molar-refractivity contribution in [1.82, 2.24) is 0 Å². The molecule has 3 heteroatoms. The van der Waals surface area contributed by atoms with Crippen molar-refractivity contribution in [3.05, 3.63) is 12.2 Å². The zero-order chi connectivity index (χ0) is 18.4. The number of quaternary nitrogens is 1. The van der Waals surface area contributed by atoms with Crippen LogP contribution in [0.4, 0.5) is 0 Å². The number of amidine groups is 1. The maximum absolute atomic E-state index is 10.2. The third-order valence-electron chi connectivity index (χ3n) is 5.75. The molecule has 1 aliphatic heterocycles. The molecule has 0 aliphatic carbocycles. The summed E-state index contributed by atoms with van der Waals surface area (Å²) in [6.07, 6.45) is 20.0. The van der Waals surface area contributed by atoms with Gasteiger partial charge >= 0.3 is 0 Å². The van der Waals surface area contributed by atoms with Crippen LogP contribution >= 0.6 is 0 Å². The second-order valence-corrected chi connectivity index (χ2v) is 7.63. The smallest absolute Gasteiger partial charge is 0.200 e. The van der Waals surface area contributed by atoms with E-state index in [2.05, 4.69) is 26.0 Å². The van der Waals surface area contributed by atoms with E-state index < -0.39 is 0 Å². The maximum Gasteiger partial charge on any atom is 0.200 e. The zero-order valence-corrected chi connectivity index (χ0v) is 17.2. The van der Waals surface area contributed by atoms with Gasteiger partial charge in [0.2, 0.25) is 5.84 Å². The van der Waals surface area contributed by atoms with Crippen LogP contribution in [0.2, 0.25) is 0 Å². The number of hydrogen-bond acceptors (Lipinski definition) is 2. The number of aliphatic imine (C=N–C) groups is 1. The molecule has 0 radical (unpaired) electrons. The minimum atomic E-state index is -0.318. The average molecular weight is 352 g/mol. The molecule has 1 rings (SSSR count). The first-order chi connectivity index (χ1) is 12.2. The Bertz CT molecular complexity index is 389. The van der Waals surface area contributed by atoms with Gasteiger partial charge in [0.25, 0.3) is 0 Å². The Morgan fingerprint density at radius 3 is 2.16 bits per heavy atom. The lowest BCUT2D eigenvalue weighted by Crippen LogP contribution is -2.56. The van der Waals surface area contributed by atoms with Crippen molar-refractivity contribution < 1.29 is 9.59 Å². The number of nitrogens with zero attached hydrogens (tertiary/aromatic N) is 2. The van der Waals surface area contributed by atoms with Gasteiger partial charge in [0.15, 0.2) is 6.23 Å². The Kier molecular flexibility index (Phi) is 12.1. The van der Waals surface area contributed by atoms with Crippen LogP contribution in [0, 0.1) is 0 Å². The molecule has 0 bridgehead atoms. The molecule has 0 aromatic rings. The molecule has 0 spiro atoms. The Hall–Kier alpha value is -0.670. The molecule has 3 nitrogen and oxygen atoms in total. The highest BCUT2D eigenvalue weighted by Gasteiger charge is 2.40. The number of aliphatic hydroxyl groups is 1. The summed E-state index contributed by atoms with van der Waals surface area (Å²) in [4.78, 5) is 4.70. The van der Waals surface area contributed by atoms with Crippen LogP contribution in [0.1, 0.15) is 97.8 Å². The molecule has 0 amide bonds. The monoisotopic (exact) mass is 351 g/mol. The molecule has 1 aliphatic rings. The van der Waals surface area contributed by atoms with Gasteiger partial charge in [-0.15, -0.1) is 0 Å². The summed E-state index contributed by atoms with van der Waals surface area (Å²) >= 11 is 0. The van der Waals surface area contributed by atoms with Crippen molar-refractivity contribution in [3.8, 4) is 0 Å². The Balaban J connectivity index is 2.00. The number of unbranched alkanes of at least 4 members (excludes halogenated alkanes) is 9. The highest BCUT2D eigenvalue weighted by molar-refractivity contribution is 5.76. The van der Waals surface area contributed by atoms with Gasteiger partial charge in [-0.1, -0.05) is 57.6 Å². The summed E-state index contributed by atoms with van der Waals surface area (Å²) in [7, 11) is 0. The molecule has 0 saturated carbocycles. The molecule has 2 unspecified atom stereocenters. The van der Waals surface area contributed by atoms with E-state index in [0.29, 0.717) is 4.48 Å². The standard InChI is InChI=1S/C22H43N2O/c1-4-6-7-8-9-10-11-12-13-14-15-16-17-18-22-23-19-20-24(22,5-2)21(3)25/h9-10,21,25H,4-8,11-20H2,1-3H3/q+1/b10-9+. The molecular formula is C22H43N2O+. The molecule has 1 N–H and O–H groups in total. The van der Waals surface area contributed by atoms with Crippen molar-refractivity contribution in [2.75, 3.05) is 19.6 Å². The predicted octanol–water partition coefficient (Wildman–Crippen LogP) is 5.83. The SMILES string of the molecule is CCCCC/C=C/CCCCCCCCC1=NCC[N+]1(CC)C(C)O. The summed E-state index contributed by atoms with van der Waals surface area (Å²) in [5.41, 5.74) is 0. The van der Waals surface area contributed by atoms with E-state index in [0.717, 1.165) is 26.1 Å². The molecule has 0 fully saturated rings. The molecular weight excluding hydrogens is 308 g/mol. The normalized spacial score (nSPS) is 21.8. The fourth-order valence-electron chi connectivity index (χ4n) is 3.94. The maximum atomic E-state index is 10.2. The van der Waals surface area contributed by atoms with E-state index in [1.165, 1.54) is 76.5 Å². The highest BCUT2D eigenvalue weighted by Crippen LogP contribution is 2.22. The van der Waals surface area contributed by atoms with E-state index in [1.54, 1.807) is 0 Å². The summed E-state index contributed by atoms with van der Waals surface area (Å²) in [6, 6.07) is 0. The number of aliphatic hydroxyl groups excluding tert-OH is 1. The topological polar surface area (TPSA) is 32.6 Å². The molecule has 2 atom stereocenters. The largest absolute Gasteiger partial charge is 0.345 e. The van der Waals surface area contributed by atoms with Crippen LogP contribution in [-0.2, 0) is 0 Å². The lowest BCUT2D eigenvalue weighted by atomic mass is 10.1. The minimum absolute atomic E-state index is 0.318. The quantitative estimate of drug-likeness (QED) is 0.225. The fraction of sp³-hybridized carbons (Fsp3) is 0.864. The summed E-state index contributed by atoms with van der Waals surface area (Å²) in [6.45, 7) is 9.18. The van der Waals surface area contributed by atoms with Crippen molar-refractivity contribution in [2.45, 2.75) is 104 Å². The first-order valence-electron chi connectivity index (χ1n) is 10.9. The van der Waals surface area contributed by atoms with Gasteiger partial charge in [0.1, 0.15) is 6.54 Å². The highest BCUT2D eigenvalue weighted by atomic mass is 16.3. The van der Waals surface area contributed by atoms with Gasteiger partial charge in [0, 0.05) is 13.3 Å². The van der Waals surface area contributed by atoms with Gasteiger partial charge in [-0.05, 0) is 39.0 Å². The van der Waals surface area contributed by atoms with Gasteiger partial charge in [-0.2, -0.15) is 0 Å². The fourth-order valence-corrected chi connectivity index (χ4v) is 3.94. The van der Waals surface area contributed by atoms with Crippen LogP contribution in [0.15, 0.2) is 17.1 Å². The van der Waals surface area contributed by atoms with E-state index in [1.807, 2.05) is 6.92 Å².